The maximum atomic E-state index is 14.1. The molecule has 1 aliphatic carbocycles. The zero-order chi connectivity index (χ0) is 21.8. The van der Waals surface area contributed by atoms with E-state index in [1.807, 2.05) is 0 Å². The molecule has 1 aliphatic heterocycles. The number of nitrogens with two attached hydrogens (primary N) is 1. The largest absolute Gasteiger partial charge is 0.418 e. The van der Waals surface area contributed by atoms with Crippen LogP contribution in [0.25, 0.3) is 22.2 Å². The third-order valence-corrected chi connectivity index (χ3v) is 6.06. The van der Waals surface area contributed by atoms with Crippen LogP contribution in [-0.4, -0.2) is 41.1 Å². The van der Waals surface area contributed by atoms with E-state index in [0.29, 0.717) is 23.7 Å². The van der Waals surface area contributed by atoms with Crippen molar-refractivity contribution in [3.63, 3.8) is 0 Å². The van der Waals surface area contributed by atoms with Crippen LogP contribution in [0.2, 0.25) is 5.02 Å². The Bertz CT molecular complexity index is 1160. The van der Waals surface area contributed by atoms with E-state index < -0.39 is 11.7 Å². The second-order valence-corrected chi connectivity index (χ2v) is 8.32. The number of rotatable bonds is 3. The summed E-state index contributed by atoms with van der Waals surface area (Å²) in [5, 5.41) is 4.13. The lowest BCUT2D eigenvalue weighted by Gasteiger charge is -2.29. The van der Waals surface area contributed by atoms with Crippen LogP contribution < -0.4 is 16.0 Å². The van der Waals surface area contributed by atoms with Gasteiger partial charge in [0, 0.05) is 37.1 Å². The zero-order valence-electron chi connectivity index (χ0n) is 16.5. The number of hydrogen-bond acceptors (Lipinski definition) is 6. The van der Waals surface area contributed by atoms with Gasteiger partial charge in [0.05, 0.1) is 21.8 Å². The molecule has 3 aromatic rings. The summed E-state index contributed by atoms with van der Waals surface area (Å²) in [7, 11) is 0. The summed E-state index contributed by atoms with van der Waals surface area (Å²) in [6, 6.07) is 4.52. The van der Waals surface area contributed by atoms with Crippen molar-refractivity contribution >= 4 is 34.1 Å². The molecule has 5 rings (SSSR count). The quantitative estimate of drug-likeness (QED) is 0.624. The van der Waals surface area contributed by atoms with Gasteiger partial charge < -0.3 is 16.0 Å². The van der Waals surface area contributed by atoms with Crippen molar-refractivity contribution < 1.29 is 13.2 Å². The van der Waals surface area contributed by atoms with Crippen LogP contribution in [0.1, 0.15) is 29.9 Å². The molecule has 0 spiro atoms. The molecule has 3 heterocycles. The summed E-state index contributed by atoms with van der Waals surface area (Å²) >= 11 is 6.54. The fraction of sp³-hybridized carbons (Fsp3) is 0.381. The van der Waals surface area contributed by atoms with Gasteiger partial charge in [0.25, 0.3) is 0 Å². The van der Waals surface area contributed by atoms with Gasteiger partial charge in [0.1, 0.15) is 18.0 Å². The number of hydrogen-bond donors (Lipinski definition) is 2. The van der Waals surface area contributed by atoms with Gasteiger partial charge in [-0.05, 0) is 42.5 Å². The first kappa shape index (κ1) is 20.3. The number of pyridine rings is 1. The second-order valence-electron chi connectivity index (χ2n) is 7.92. The Morgan fingerprint density at radius 1 is 1.10 bits per heavy atom. The van der Waals surface area contributed by atoms with Gasteiger partial charge in [0.2, 0.25) is 0 Å². The molecular weight excluding hydrogens is 429 g/mol. The molecule has 2 aromatic heterocycles. The van der Waals surface area contributed by atoms with E-state index in [-0.39, 0.29) is 33.6 Å². The number of nitrogens with zero attached hydrogens (tertiary/aromatic N) is 4. The van der Waals surface area contributed by atoms with E-state index in [4.69, 9.17) is 17.3 Å². The second kappa shape index (κ2) is 7.49. The van der Waals surface area contributed by atoms with Crippen molar-refractivity contribution in [3.8, 4) is 11.3 Å². The number of nitrogens with one attached hydrogen (secondary N) is 1. The smallest absolute Gasteiger partial charge is 0.384 e. The van der Waals surface area contributed by atoms with Gasteiger partial charge in [-0.25, -0.2) is 15.0 Å². The van der Waals surface area contributed by atoms with E-state index >= 15 is 0 Å². The maximum Gasteiger partial charge on any atom is 0.418 e. The van der Waals surface area contributed by atoms with Crippen molar-refractivity contribution in [2.45, 2.75) is 24.9 Å². The molecule has 0 radical (unpaired) electrons. The van der Waals surface area contributed by atoms with Crippen LogP contribution in [0, 0.1) is 0 Å². The third-order valence-electron chi connectivity index (χ3n) is 5.75. The van der Waals surface area contributed by atoms with Gasteiger partial charge >= 0.3 is 6.18 Å². The molecular formula is C21H20ClF3N6. The Balaban J connectivity index is 1.70. The van der Waals surface area contributed by atoms with Gasteiger partial charge in [-0.15, -0.1) is 0 Å². The molecule has 0 atom stereocenters. The number of benzene rings is 1. The summed E-state index contributed by atoms with van der Waals surface area (Å²) in [6.45, 7) is 3.18. The first-order valence-corrected chi connectivity index (χ1v) is 10.5. The molecule has 0 amide bonds. The topological polar surface area (TPSA) is 80.0 Å². The molecule has 2 fully saturated rings. The van der Waals surface area contributed by atoms with Crippen LogP contribution in [0.3, 0.4) is 0 Å². The Morgan fingerprint density at radius 3 is 2.52 bits per heavy atom. The van der Waals surface area contributed by atoms with Crippen LogP contribution in [-0.2, 0) is 6.18 Å². The number of fused-ring (bicyclic) bond motifs is 1. The number of halogens is 4. The van der Waals surface area contributed by atoms with Crippen LogP contribution >= 0.6 is 11.6 Å². The summed E-state index contributed by atoms with van der Waals surface area (Å²) in [4.78, 5) is 14.9. The normalized spacial score (nSPS) is 17.4. The molecule has 0 unspecified atom stereocenters. The third kappa shape index (κ3) is 3.76. The Labute approximate surface area is 181 Å². The van der Waals surface area contributed by atoms with Crippen LogP contribution in [0.4, 0.5) is 24.8 Å². The lowest BCUT2D eigenvalue weighted by atomic mass is 9.96. The molecule has 1 saturated carbocycles. The lowest BCUT2D eigenvalue weighted by Crippen LogP contribution is -2.44. The van der Waals surface area contributed by atoms with Crippen LogP contribution in [0.15, 0.2) is 24.5 Å². The van der Waals surface area contributed by atoms with E-state index in [2.05, 4.69) is 25.2 Å². The average Bonchev–Trinajstić information content (AvgIpc) is 3.57. The lowest BCUT2D eigenvalue weighted by molar-refractivity contribution is -0.137. The van der Waals surface area contributed by atoms with Gasteiger partial charge in [0.15, 0.2) is 0 Å². The highest BCUT2D eigenvalue weighted by Crippen LogP contribution is 2.50. The van der Waals surface area contributed by atoms with Crippen LogP contribution in [0.5, 0.6) is 0 Å². The number of alkyl halides is 3. The highest BCUT2D eigenvalue weighted by atomic mass is 35.5. The predicted octanol–water partition coefficient (Wildman–Crippen LogP) is 4.23. The SMILES string of the molecule is Nc1cc(C2CC2)c(C(F)(F)F)c(-c2cc3ncnc(N4CCNCC4)c3cc2Cl)n1. The van der Waals surface area contributed by atoms with E-state index in [9.17, 15) is 13.2 Å². The average molecular weight is 449 g/mol. The fourth-order valence-electron chi connectivity index (χ4n) is 4.17. The van der Waals surface area contributed by atoms with Crippen molar-refractivity contribution in [2.24, 2.45) is 0 Å². The molecule has 162 valence electrons. The summed E-state index contributed by atoms with van der Waals surface area (Å²) in [5.41, 5.74) is 5.76. The number of aromatic nitrogens is 3. The van der Waals surface area contributed by atoms with Gasteiger partial charge in [-0.2, -0.15) is 13.2 Å². The van der Waals surface area contributed by atoms with Gasteiger partial charge in [-0.1, -0.05) is 11.6 Å². The summed E-state index contributed by atoms with van der Waals surface area (Å²) in [6.07, 6.45) is -1.74. The Kier molecular flexibility index (Phi) is 4.90. The molecule has 3 N–H and O–H groups in total. The number of anilines is 2. The fourth-order valence-corrected chi connectivity index (χ4v) is 4.42. The minimum Gasteiger partial charge on any atom is -0.384 e. The molecule has 10 heteroatoms. The number of piperazine rings is 1. The minimum absolute atomic E-state index is 0.0465. The van der Waals surface area contributed by atoms with E-state index in [1.165, 1.54) is 12.4 Å². The van der Waals surface area contributed by atoms with E-state index in [0.717, 1.165) is 32.0 Å². The molecule has 1 aromatic carbocycles. The van der Waals surface area contributed by atoms with Crippen molar-refractivity contribution in [1.29, 1.82) is 0 Å². The highest BCUT2D eigenvalue weighted by molar-refractivity contribution is 6.34. The first-order chi connectivity index (χ1) is 14.8. The summed E-state index contributed by atoms with van der Waals surface area (Å²) < 4.78 is 42.3. The van der Waals surface area contributed by atoms with E-state index in [1.54, 1.807) is 12.1 Å². The number of nitrogen functional groups attached to an aromatic ring is 1. The highest BCUT2D eigenvalue weighted by Gasteiger charge is 2.42. The summed E-state index contributed by atoms with van der Waals surface area (Å²) in [5.74, 6) is 0.613. The molecule has 6 nitrogen and oxygen atoms in total. The predicted molar refractivity (Wildman–Crippen MR) is 114 cm³/mol. The molecule has 0 bridgehead atoms. The monoisotopic (exact) mass is 448 g/mol. The standard InChI is InChI=1S/C21H20ClF3N6/c22-15-7-14-16(28-10-29-20(14)31-5-3-27-4-6-31)8-13(15)19-18(21(23,24)25)12(11-1-2-11)9-17(26)30-19/h7-11,27H,1-6H2,(H2,26,30). The minimum atomic E-state index is -4.58. The zero-order valence-corrected chi connectivity index (χ0v) is 17.3. The Hall–Kier alpha value is -2.65. The molecule has 31 heavy (non-hydrogen) atoms. The molecule has 2 aliphatic rings. The Morgan fingerprint density at radius 2 is 1.84 bits per heavy atom. The van der Waals surface area contributed by atoms with Crippen molar-refractivity contribution in [2.75, 3.05) is 36.8 Å². The van der Waals surface area contributed by atoms with Crippen molar-refractivity contribution in [1.82, 2.24) is 20.3 Å². The van der Waals surface area contributed by atoms with Crippen molar-refractivity contribution in [3.05, 3.63) is 40.7 Å². The first-order valence-electron chi connectivity index (χ1n) is 10.1. The van der Waals surface area contributed by atoms with Gasteiger partial charge in [-0.3, -0.25) is 0 Å². The maximum absolute atomic E-state index is 14.1. The molecule has 1 saturated heterocycles.